The van der Waals surface area contributed by atoms with Gasteiger partial charge in [-0.15, -0.1) is 5.10 Å². The van der Waals surface area contributed by atoms with E-state index < -0.39 is 21.6 Å². The molecule has 11 nitrogen and oxygen atoms in total. The number of hydrogen-bond donors (Lipinski definition) is 1. The quantitative estimate of drug-likeness (QED) is 0.390. The number of fused-ring (bicyclic) bond motifs is 1. The van der Waals surface area contributed by atoms with Crippen LogP contribution in [0.3, 0.4) is 0 Å². The van der Waals surface area contributed by atoms with E-state index in [1.54, 1.807) is 54.6 Å². The highest BCUT2D eigenvalue weighted by Crippen LogP contribution is 2.28. The molecule has 0 saturated carbocycles. The lowest BCUT2D eigenvalue weighted by Crippen LogP contribution is -2.39. The van der Waals surface area contributed by atoms with E-state index in [9.17, 15) is 18.0 Å². The maximum atomic E-state index is 13.1. The summed E-state index contributed by atoms with van der Waals surface area (Å²) in [6, 6.07) is 15.1. The van der Waals surface area contributed by atoms with Gasteiger partial charge in [0.25, 0.3) is 5.56 Å². The van der Waals surface area contributed by atoms with Crippen molar-refractivity contribution in [3.8, 4) is 0 Å². The molecule has 0 aliphatic carbocycles. The maximum absolute atomic E-state index is 13.1. The summed E-state index contributed by atoms with van der Waals surface area (Å²) < 4.78 is 33.9. The third-order valence-corrected chi connectivity index (χ3v) is 8.13. The number of ether oxygens (including phenoxy) is 1. The first-order valence-electron chi connectivity index (χ1n) is 11.4. The molecule has 4 aromatic rings. The van der Waals surface area contributed by atoms with Gasteiger partial charge in [-0.3, -0.25) is 4.79 Å². The van der Waals surface area contributed by atoms with Crippen LogP contribution in [0.4, 0.5) is 0 Å². The molecular formula is C24H24N6O5S. The highest BCUT2D eigenvalue weighted by Gasteiger charge is 2.32. The van der Waals surface area contributed by atoms with Crippen LogP contribution < -0.4 is 5.56 Å². The van der Waals surface area contributed by atoms with Crippen LogP contribution in [0.1, 0.15) is 40.5 Å². The number of aromatic nitrogens is 5. The number of piperidine rings is 1. The number of aromatic amines is 1. The van der Waals surface area contributed by atoms with Crippen molar-refractivity contribution in [2.45, 2.75) is 30.2 Å². The van der Waals surface area contributed by atoms with Gasteiger partial charge in [0.15, 0.2) is 11.2 Å². The van der Waals surface area contributed by atoms with E-state index in [4.69, 9.17) is 4.74 Å². The van der Waals surface area contributed by atoms with E-state index >= 15 is 0 Å². The van der Waals surface area contributed by atoms with Gasteiger partial charge >= 0.3 is 5.97 Å². The summed E-state index contributed by atoms with van der Waals surface area (Å²) in [6.07, 6.45) is 1.33. The van der Waals surface area contributed by atoms with Gasteiger partial charge in [0.1, 0.15) is 5.82 Å². The summed E-state index contributed by atoms with van der Waals surface area (Å²) in [4.78, 5) is 32.1. The minimum atomic E-state index is -3.65. The largest absolute Gasteiger partial charge is 0.465 e. The first kappa shape index (κ1) is 23.8. The van der Waals surface area contributed by atoms with Gasteiger partial charge in [0, 0.05) is 19.0 Å². The Morgan fingerprint density at radius 3 is 2.61 bits per heavy atom. The van der Waals surface area contributed by atoms with Gasteiger partial charge in [-0.2, -0.15) is 4.31 Å². The molecule has 1 atom stereocenters. The van der Waals surface area contributed by atoms with Crippen LogP contribution in [0.25, 0.3) is 11.2 Å². The van der Waals surface area contributed by atoms with Crippen LogP contribution in [0, 0.1) is 0 Å². The number of nitrogens with one attached hydrogen (secondary N) is 1. The molecular weight excluding hydrogens is 484 g/mol. The number of carbonyl (C=O) groups is 1. The second-order valence-corrected chi connectivity index (χ2v) is 10.5. The molecule has 0 amide bonds. The van der Waals surface area contributed by atoms with E-state index in [-0.39, 0.29) is 29.4 Å². The molecule has 1 aliphatic rings. The Kier molecular flexibility index (Phi) is 6.37. The zero-order valence-corrected chi connectivity index (χ0v) is 20.3. The minimum Gasteiger partial charge on any atom is -0.465 e. The second-order valence-electron chi connectivity index (χ2n) is 8.57. The molecule has 5 rings (SSSR count). The van der Waals surface area contributed by atoms with Crippen molar-refractivity contribution >= 4 is 27.2 Å². The third-order valence-electron chi connectivity index (χ3n) is 6.25. The molecule has 3 heterocycles. The number of hydrogen-bond acceptors (Lipinski definition) is 8. The van der Waals surface area contributed by atoms with Gasteiger partial charge < -0.3 is 9.72 Å². The Balaban J connectivity index is 1.42. The third kappa shape index (κ3) is 4.52. The number of nitrogens with zero attached hydrogens (tertiary/aromatic N) is 5. The van der Waals surface area contributed by atoms with Crippen LogP contribution in [0.15, 0.2) is 64.3 Å². The molecule has 2 aromatic carbocycles. The van der Waals surface area contributed by atoms with Gasteiger partial charge in [0.2, 0.25) is 10.0 Å². The second kappa shape index (κ2) is 9.63. The van der Waals surface area contributed by atoms with E-state index in [0.717, 1.165) is 5.56 Å². The molecule has 0 radical (unpaired) electrons. The topological polar surface area (TPSA) is 140 Å². The molecule has 1 aliphatic heterocycles. The average Bonchev–Trinajstić information content (AvgIpc) is 3.32. The number of sulfonamides is 1. The minimum absolute atomic E-state index is 0.106. The molecule has 0 bridgehead atoms. The zero-order valence-electron chi connectivity index (χ0n) is 19.5. The Morgan fingerprint density at radius 1 is 1.14 bits per heavy atom. The fourth-order valence-electron chi connectivity index (χ4n) is 4.35. The number of rotatable bonds is 6. The molecule has 36 heavy (non-hydrogen) atoms. The van der Waals surface area contributed by atoms with E-state index in [1.807, 2.05) is 0 Å². The molecule has 0 spiro atoms. The average molecular weight is 509 g/mol. The van der Waals surface area contributed by atoms with Gasteiger partial charge in [-0.1, -0.05) is 35.5 Å². The Labute approximate surface area is 206 Å². The molecule has 12 heteroatoms. The Bertz CT molecular complexity index is 1560. The van der Waals surface area contributed by atoms with E-state index in [1.165, 1.54) is 16.1 Å². The van der Waals surface area contributed by atoms with Crippen LogP contribution in [0.2, 0.25) is 0 Å². The summed E-state index contributed by atoms with van der Waals surface area (Å²) in [5, 5.41) is 8.07. The molecule has 2 aromatic heterocycles. The van der Waals surface area contributed by atoms with Crippen LogP contribution >= 0.6 is 0 Å². The predicted octanol–water partition coefficient (Wildman–Crippen LogP) is 1.92. The summed E-state index contributed by atoms with van der Waals surface area (Å²) >= 11 is 0. The SMILES string of the molecule is COC(=O)c1ccc(Cn2nnc3c(=O)[nH]c(C4CCCN(S(=O)(=O)c5ccccc5)C4)nc32)cc1. The number of methoxy groups -OCH3 is 1. The molecule has 1 saturated heterocycles. The van der Waals surface area contributed by atoms with Gasteiger partial charge in [-0.05, 0) is 42.7 Å². The van der Waals surface area contributed by atoms with E-state index in [0.29, 0.717) is 36.4 Å². The number of H-pyrrole nitrogens is 1. The molecule has 186 valence electrons. The van der Waals surface area contributed by atoms with Crippen molar-refractivity contribution in [3.05, 3.63) is 81.9 Å². The van der Waals surface area contributed by atoms with Crippen molar-refractivity contribution in [2.75, 3.05) is 20.2 Å². The van der Waals surface area contributed by atoms with Crippen molar-refractivity contribution < 1.29 is 17.9 Å². The first-order valence-corrected chi connectivity index (χ1v) is 12.9. The lowest BCUT2D eigenvalue weighted by molar-refractivity contribution is 0.0600. The summed E-state index contributed by atoms with van der Waals surface area (Å²) in [5.41, 5.74) is 1.25. The fourth-order valence-corrected chi connectivity index (χ4v) is 5.89. The van der Waals surface area contributed by atoms with E-state index in [2.05, 4.69) is 20.3 Å². The maximum Gasteiger partial charge on any atom is 0.337 e. The van der Waals surface area contributed by atoms with Crippen molar-refractivity contribution in [1.29, 1.82) is 0 Å². The fraction of sp³-hybridized carbons (Fsp3) is 0.292. The number of benzene rings is 2. The van der Waals surface area contributed by atoms with Crippen molar-refractivity contribution in [2.24, 2.45) is 0 Å². The van der Waals surface area contributed by atoms with Gasteiger partial charge in [0.05, 0.1) is 24.1 Å². The monoisotopic (exact) mass is 508 g/mol. The predicted molar refractivity (Wildman–Crippen MR) is 130 cm³/mol. The summed E-state index contributed by atoms with van der Waals surface area (Å²) in [7, 11) is -2.33. The molecule has 1 fully saturated rings. The van der Waals surface area contributed by atoms with Crippen molar-refractivity contribution in [3.63, 3.8) is 0 Å². The lowest BCUT2D eigenvalue weighted by atomic mass is 9.99. The Morgan fingerprint density at radius 2 is 1.89 bits per heavy atom. The summed E-state index contributed by atoms with van der Waals surface area (Å²) in [6.45, 7) is 0.899. The summed E-state index contributed by atoms with van der Waals surface area (Å²) in [5.74, 6) is -0.302. The normalized spacial score (nSPS) is 16.8. The highest BCUT2D eigenvalue weighted by molar-refractivity contribution is 7.89. The lowest BCUT2D eigenvalue weighted by Gasteiger charge is -2.31. The zero-order chi connectivity index (χ0) is 25.3. The highest BCUT2D eigenvalue weighted by atomic mass is 32.2. The number of esters is 1. The smallest absolute Gasteiger partial charge is 0.337 e. The Hall–Kier alpha value is -3.90. The molecule has 1 unspecified atom stereocenters. The standard InChI is InChI=1S/C24H24N6O5S/c1-35-24(32)17-11-9-16(10-12-17)14-30-22-20(27-28-30)23(31)26-21(25-22)18-6-5-13-29(15-18)36(33,34)19-7-3-2-4-8-19/h2-4,7-12,18H,5-6,13-15H2,1H3,(H,25,26,31). The van der Waals surface area contributed by atoms with Crippen molar-refractivity contribution in [1.82, 2.24) is 29.3 Å². The van der Waals surface area contributed by atoms with Crippen LogP contribution in [0.5, 0.6) is 0 Å². The first-order chi connectivity index (χ1) is 17.4. The van der Waals surface area contributed by atoms with Crippen LogP contribution in [-0.4, -0.2) is 63.9 Å². The van der Waals surface area contributed by atoms with Gasteiger partial charge in [-0.25, -0.2) is 22.9 Å². The molecule has 1 N–H and O–H groups in total. The number of carbonyl (C=O) groups excluding carboxylic acids is 1. The van der Waals surface area contributed by atoms with Crippen LogP contribution in [-0.2, 0) is 21.3 Å².